The van der Waals surface area contributed by atoms with Crippen LogP contribution in [0.4, 0.5) is 0 Å². The van der Waals surface area contributed by atoms with Gasteiger partial charge in [-0.1, -0.05) is 27.7 Å². The molecule has 2 rings (SSSR count). The van der Waals surface area contributed by atoms with Crippen molar-refractivity contribution in [2.45, 2.75) is 47.0 Å². The lowest BCUT2D eigenvalue weighted by Gasteiger charge is -2.59. The first-order valence-corrected chi connectivity index (χ1v) is 5.01. The van der Waals surface area contributed by atoms with Crippen LogP contribution in [-0.4, -0.2) is 0 Å². The second kappa shape index (κ2) is 1.84. The Labute approximate surface area is 70.4 Å². The molecule has 0 radical (unpaired) electrons. The molecule has 11 heavy (non-hydrogen) atoms. The fourth-order valence-electron chi connectivity index (χ4n) is 3.86. The van der Waals surface area contributed by atoms with Gasteiger partial charge in [-0.2, -0.15) is 0 Å². The average molecular weight is 152 g/mol. The third-order valence-electron chi connectivity index (χ3n) is 5.23. The quantitative estimate of drug-likeness (QED) is 0.498. The molecule has 0 saturated heterocycles. The van der Waals surface area contributed by atoms with Crippen molar-refractivity contribution < 1.29 is 0 Å². The van der Waals surface area contributed by atoms with E-state index in [2.05, 4.69) is 27.7 Å². The normalized spacial score (nSPS) is 62.2. The van der Waals surface area contributed by atoms with Crippen LogP contribution in [-0.2, 0) is 0 Å². The van der Waals surface area contributed by atoms with E-state index >= 15 is 0 Å². The molecule has 0 heterocycles. The number of rotatable bonds is 0. The van der Waals surface area contributed by atoms with Crippen LogP contribution >= 0.6 is 0 Å². The van der Waals surface area contributed by atoms with Crippen molar-refractivity contribution in [3.63, 3.8) is 0 Å². The number of hydrogen-bond donors (Lipinski definition) is 0. The van der Waals surface area contributed by atoms with E-state index in [0.29, 0.717) is 10.8 Å². The van der Waals surface area contributed by atoms with E-state index in [9.17, 15) is 0 Å². The maximum atomic E-state index is 2.51. The van der Waals surface area contributed by atoms with Crippen LogP contribution in [0.2, 0.25) is 0 Å². The van der Waals surface area contributed by atoms with Gasteiger partial charge in [0, 0.05) is 0 Å². The predicted molar refractivity (Wildman–Crippen MR) is 48.4 cm³/mol. The molecule has 0 nitrogen and oxygen atoms in total. The molecular formula is C11H20. The second-order valence-corrected chi connectivity index (χ2v) is 5.39. The Morgan fingerprint density at radius 1 is 1.09 bits per heavy atom. The van der Waals surface area contributed by atoms with Gasteiger partial charge in [0.1, 0.15) is 0 Å². The van der Waals surface area contributed by atoms with Crippen molar-refractivity contribution in [1.29, 1.82) is 0 Å². The molecule has 0 amide bonds. The lowest BCUT2D eigenvalue weighted by Crippen LogP contribution is -2.52. The molecule has 0 aromatic heterocycles. The van der Waals surface area contributed by atoms with Crippen molar-refractivity contribution >= 4 is 0 Å². The van der Waals surface area contributed by atoms with Crippen LogP contribution in [0.1, 0.15) is 47.0 Å². The fourth-order valence-corrected chi connectivity index (χ4v) is 3.86. The predicted octanol–water partition coefficient (Wildman–Crippen LogP) is 3.47. The van der Waals surface area contributed by atoms with E-state index < -0.39 is 0 Å². The van der Waals surface area contributed by atoms with Gasteiger partial charge >= 0.3 is 0 Å². The Balaban J connectivity index is 2.31. The molecule has 0 aliphatic heterocycles. The van der Waals surface area contributed by atoms with E-state index in [0.717, 1.165) is 11.8 Å². The van der Waals surface area contributed by atoms with E-state index in [1.54, 1.807) is 0 Å². The van der Waals surface area contributed by atoms with Crippen LogP contribution < -0.4 is 0 Å². The van der Waals surface area contributed by atoms with Crippen molar-refractivity contribution in [2.24, 2.45) is 22.7 Å². The first-order valence-electron chi connectivity index (χ1n) is 5.01. The van der Waals surface area contributed by atoms with E-state index in [4.69, 9.17) is 0 Å². The maximum absolute atomic E-state index is 2.51. The summed E-state index contributed by atoms with van der Waals surface area (Å²) in [5.41, 5.74) is 1.40. The standard InChI is InChI=1S/C11H20/c1-8-5-6-10(3)7-9(2)11(8,10)4/h8-9H,5-7H2,1-4H3. The topological polar surface area (TPSA) is 0 Å². The summed E-state index contributed by atoms with van der Waals surface area (Å²) in [5.74, 6) is 1.95. The van der Waals surface area contributed by atoms with E-state index in [-0.39, 0.29) is 0 Å². The van der Waals surface area contributed by atoms with Crippen molar-refractivity contribution in [3.8, 4) is 0 Å². The summed E-state index contributed by atoms with van der Waals surface area (Å²) < 4.78 is 0. The Morgan fingerprint density at radius 3 is 2.09 bits per heavy atom. The molecule has 0 spiro atoms. The van der Waals surface area contributed by atoms with Crippen molar-refractivity contribution in [2.75, 3.05) is 0 Å². The lowest BCUT2D eigenvalue weighted by atomic mass is 9.45. The second-order valence-electron chi connectivity index (χ2n) is 5.39. The van der Waals surface area contributed by atoms with Gasteiger partial charge < -0.3 is 0 Å². The minimum absolute atomic E-state index is 0.688. The highest BCUT2D eigenvalue weighted by molar-refractivity contribution is 5.12. The summed E-state index contributed by atoms with van der Waals surface area (Å²) in [6, 6.07) is 0. The third kappa shape index (κ3) is 0.625. The van der Waals surface area contributed by atoms with E-state index in [1.807, 2.05) is 0 Å². The molecule has 2 saturated carbocycles. The van der Waals surface area contributed by atoms with E-state index in [1.165, 1.54) is 19.3 Å². The molecule has 2 aliphatic carbocycles. The summed E-state index contributed by atoms with van der Waals surface area (Å²) in [5, 5.41) is 0. The first kappa shape index (κ1) is 7.64. The zero-order valence-electron chi connectivity index (χ0n) is 8.28. The molecule has 2 fully saturated rings. The van der Waals surface area contributed by atoms with Gasteiger partial charge in [-0.15, -0.1) is 0 Å². The maximum Gasteiger partial charge on any atom is -0.0220 e. The highest BCUT2D eigenvalue weighted by Gasteiger charge is 2.63. The molecule has 4 unspecified atom stereocenters. The van der Waals surface area contributed by atoms with Gasteiger partial charge in [0.05, 0.1) is 0 Å². The van der Waals surface area contributed by atoms with Gasteiger partial charge in [-0.25, -0.2) is 0 Å². The van der Waals surface area contributed by atoms with Crippen LogP contribution in [0, 0.1) is 22.7 Å². The monoisotopic (exact) mass is 152 g/mol. The summed E-state index contributed by atoms with van der Waals surface area (Å²) in [6.45, 7) is 9.89. The highest BCUT2D eigenvalue weighted by Crippen LogP contribution is 2.71. The molecule has 0 heteroatoms. The largest absolute Gasteiger partial charge is 0.0620 e. The first-order chi connectivity index (χ1) is 5.01. The zero-order chi connectivity index (χ0) is 8.28. The van der Waals surface area contributed by atoms with Crippen molar-refractivity contribution in [1.82, 2.24) is 0 Å². The molecule has 64 valence electrons. The third-order valence-corrected chi connectivity index (χ3v) is 5.23. The van der Waals surface area contributed by atoms with Gasteiger partial charge in [0.15, 0.2) is 0 Å². The highest BCUT2D eigenvalue weighted by atomic mass is 14.7. The SMILES string of the molecule is CC1CCC2(C)CC(C)C12C. The smallest absolute Gasteiger partial charge is 0.0220 e. The molecule has 0 aromatic rings. The minimum atomic E-state index is 0.688. The van der Waals surface area contributed by atoms with Gasteiger partial charge in [-0.3, -0.25) is 0 Å². The Hall–Kier alpha value is 0. The number of fused-ring (bicyclic) bond motifs is 1. The summed E-state index contributed by atoms with van der Waals surface area (Å²) in [4.78, 5) is 0. The lowest BCUT2D eigenvalue weighted by molar-refractivity contribution is -0.108. The molecule has 0 bridgehead atoms. The molecular weight excluding hydrogens is 132 g/mol. The minimum Gasteiger partial charge on any atom is -0.0620 e. The van der Waals surface area contributed by atoms with Gasteiger partial charge in [-0.05, 0) is 41.9 Å². The van der Waals surface area contributed by atoms with Crippen LogP contribution in [0.5, 0.6) is 0 Å². The molecule has 0 N–H and O–H groups in total. The molecule has 2 aliphatic rings. The van der Waals surface area contributed by atoms with Crippen molar-refractivity contribution in [3.05, 3.63) is 0 Å². The fraction of sp³-hybridized carbons (Fsp3) is 1.00. The summed E-state index contributed by atoms with van der Waals surface area (Å²) >= 11 is 0. The average Bonchev–Trinajstić information content (AvgIpc) is 2.13. The Bertz CT molecular complexity index is 180. The van der Waals surface area contributed by atoms with Gasteiger partial charge in [0.25, 0.3) is 0 Å². The van der Waals surface area contributed by atoms with Crippen LogP contribution in [0.3, 0.4) is 0 Å². The van der Waals surface area contributed by atoms with Gasteiger partial charge in [0.2, 0.25) is 0 Å². The van der Waals surface area contributed by atoms with Crippen LogP contribution in [0.25, 0.3) is 0 Å². The Morgan fingerprint density at radius 2 is 1.73 bits per heavy atom. The number of hydrogen-bond acceptors (Lipinski definition) is 0. The summed E-state index contributed by atoms with van der Waals surface area (Å²) in [6.07, 6.45) is 4.43. The summed E-state index contributed by atoms with van der Waals surface area (Å²) in [7, 11) is 0. The zero-order valence-corrected chi connectivity index (χ0v) is 8.28. The molecule has 0 aromatic carbocycles. The molecule has 4 atom stereocenters. The Kier molecular flexibility index (Phi) is 1.28. The van der Waals surface area contributed by atoms with Crippen LogP contribution in [0.15, 0.2) is 0 Å².